The molecule has 1 heterocycles. The van der Waals surface area contributed by atoms with Gasteiger partial charge in [0.15, 0.2) is 0 Å². The third kappa shape index (κ3) is 1.87. The summed E-state index contributed by atoms with van der Waals surface area (Å²) in [5.41, 5.74) is 1.03. The minimum atomic E-state index is 0.286. The second-order valence-electron chi connectivity index (χ2n) is 2.93. The van der Waals surface area contributed by atoms with Crippen LogP contribution in [0.3, 0.4) is 0 Å². The maximum absolute atomic E-state index is 11.0. The highest BCUT2D eigenvalue weighted by Gasteiger charge is 2.15. The lowest BCUT2D eigenvalue weighted by atomic mass is 10.0. The van der Waals surface area contributed by atoms with Crippen molar-refractivity contribution in [2.75, 3.05) is 5.75 Å². The first kappa shape index (κ1) is 7.86. The lowest BCUT2D eigenvalue weighted by molar-refractivity contribution is -0.107. The summed E-state index contributed by atoms with van der Waals surface area (Å²) in [5.74, 6) is 1.50. The van der Waals surface area contributed by atoms with Crippen molar-refractivity contribution in [1.29, 1.82) is 0 Å². The van der Waals surface area contributed by atoms with Gasteiger partial charge in [0, 0.05) is 11.3 Å². The Morgan fingerprint density at radius 3 is 2.80 bits per heavy atom. The fourth-order valence-electron chi connectivity index (χ4n) is 1.00. The fourth-order valence-corrected chi connectivity index (χ4v) is 1.79. The highest BCUT2D eigenvalue weighted by Crippen LogP contribution is 2.24. The largest absolute Gasteiger partial charge is 0.282 e. The summed E-state index contributed by atoms with van der Waals surface area (Å²) in [7, 11) is 0. The van der Waals surface area contributed by atoms with Crippen LogP contribution in [0.2, 0.25) is 0 Å². The molecule has 0 atom stereocenters. The summed E-state index contributed by atoms with van der Waals surface area (Å²) in [5, 5.41) is 0.286. The molecule has 0 aromatic carbocycles. The number of carbonyl (C=O) groups excluding carboxylic acids is 1. The molecule has 0 saturated carbocycles. The minimum absolute atomic E-state index is 0.286. The maximum Gasteiger partial charge on any atom is 0.215 e. The zero-order valence-electron chi connectivity index (χ0n) is 6.39. The van der Waals surface area contributed by atoms with Crippen LogP contribution in [-0.2, 0) is 4.79 Å². The summed E-state index contributed by atoms with van der Waals surface area (Å²) in [4.78, 5) is 11.0. The quantitative estimate of drug-likeness (QED) is 0.610. The van der Waals surface area contributed by atoms with Crippen LogP contribution < -0.4 is 0 Å². The summed E-state index contributed by atoms with van der Waals surface area (Å²) in [6.45, 7) is 4.27. The van der Waals surface area contributed by atoms with Crippen LogP contribution in [0.4, 0.5) is 0 Å². The van der Waals surface area contributed by atoms with E-state index in [1.165, 1.54) is 11.8 Å². The molecule has 0 N–H and O–H groups in total. The van der Waals surface area contributed by atoms with Gasteiger partial charge in [-0.1, -0.05) is 31.7 Å². The van der Waals surface area contributed by atoms with Crippen LogP contribution in [-0.4, -0.2) is 10.9 Å². The first-order chi connectivity index (χ1) is 4.70. The molecule has 0 radical (unpaired) electrons. The van der Waals surface area contributed by atoms with Gasteiger partial charge < -0.3 is 0 Å². The van der Waals surface area contributed by atoms with Gasteiger partial charge in [-0.25, -0.2) is 0 Å². The molecular weight excluding hydrogens is 144 g/mol. The van der Waals surface area contributed by atoms with Crippen LogP contribution in [0.25, 0.3) is 0 Å². The number of hydrogen-bond acceptors (Lipinski definition) is 2. The number of hydrogen-bond donors (Lipinski definition) is 0. The Labute approximate surface area is 65.9 Å². The second kappa shape index (κ2) is 3.24. The standard InChI is InChI=1S/C8H12OS/c1-6(2)5-7-3-4-10-8(7)9/h3,6H,4-5H2,1-2H3. The molecular formula is C8H12OS. The van der Waals surface area contributed by atoms with Crippen molar-refractivity contribution in [3.63, 3.8) is 0 Å². The van der Waals surface area contributed by atoms with E-state index in [4.69, 9.17) is 0 Å². The summed E-state index contributed by atoms with van der Waals surface area (Å²) >= 11 is 1.42. The molecule has 0 saturated heterocycles. The molecule has 1 aliphatic rings. The van der Waals surface area contributed by atoms with Gasteiger partial charge in [-0.15, -0.1) is 0 Å². The maximum atomic E-state index is 11.0. The van der Waals surface area contributed by atoms with Gasteiger partial charge in [-0.3, -0.25) is 4.79 Å². The molecule has 0 amide bonds. The van der Waals surface area contributed by atoms with E-state index in [9.17, 15) is 4.79 Å². The predicted molar refractivity (Wildman–Crippen MR) is 45.0 cm³/mol. The lowest BCUT2D eigenvalue weighted by Gasteiger charge is -2.02. The molecule has 56 valence electrons. The first-order valence-corrected chi connectivity index (χ1v) is 4.55. The van der Waals surface area contributed by atoms with Gasteiger partial charge in [0.25, 0.3) is 0 Å². The summed E-state index contributed by atoms with van der Waals surface area (Å²) < 4.78 is 0. The monoisotopic (exact) mass is 156 g/mol. The topological polar surface area (TPSA) is 17.1 Å². The van der Waals surface area contributed by atoms with Crippen LogP contribution in [0.15, 0.2) is 11.6 Å². The Balaban J connectivity index is 2.48. The van der Waals surface area contributed by atoms with E-state index in [1.807, 2.05) is 6.08 Å². The molecule has 1 aliphatic heterocycles. The Bertz CT molecular complexity index is 170. The zero-order valence-corrected chi connectivity index (χ0v) is 7.20. The Kier molecular flexibility index (Phi) is 2.55. The summed E-state index contributed by atoms with van der Waals surface area (Å²) in [6, 6.07) is 0. The Hall–Kier alpha value is -0.240. The van der Waals surface area contributed by atoms with Crippen LogP contribution in [0.5, 0.6) is 0 Å². The third-order valence-corrected chi connectivity index (χ3v) is 2.29. The highest BCUT2D eigenvalue weighted by molar-refractivity contribution is 8.14. The van der Waals surface area contributed by atoms with Gasteiger partial charge >= 0.3 is 0 Å². The second-order valence-corrected chi connectivity index (χ2v) is 3.92. The van der Waals surface area contributed by atoms with E-state index < -0.39 is 0 Å². The smallest absolute Gasteiger partial charge is 0.215 e. The van der Waals surface area contributed by atoms with Gasteiger partial charge in [0.1, 0.15) is 0 Å². The lowest BCUT2D eigenvalue weighted by Crippen LogP contribution is -1.96. The molecule has 0 spiro atoms. The first-order valence-electron chi connectivity index (χ1n) is 3.56. The van der Waals surface area contributed by atoms with Crippen LogP contribution >= 0.6 is 11.8 Å². The molecule has 0 unspecified atom stereocenters. The molecule has 2 heteroatoms. The van der Waals surface area contributed by atoms with Crippen molar-refractivity contribution in [2.45, 2.75) is 20.3 Å². The highest BCUT2D eigenvalue weighted by atomic mass is 32.2. The van der Waals surface area contributed by atoms with Gasteiger partial charge in [0.05, 0.1) is 0 Å². The molecule has 1 rings (SSSR count). The van der Waals surface area contributed by atoms with Gasteiger partial charge in [-0.05, 0) is 12.3 Å². The van der Waals surface area contributed by atoms with E-state index in [0.717, 1.165) is 17.7 Å². The molecule has 0 aliphatic carbocycles. The van der Waals surface area contributed by atoms with E-state index in [2.05, 4.69) is 13.8 Å². The third-order valence-electron chi connectivity index (χ3n) is 1.43. The molecule has 10 heavy (non-hydrogen) atoms. The molecule has 0 fully saturated rings. The molecule has 0 bridgehead atoms. The fraction of sp³-hybridized carbons (Fsp3) is 0.625. The van der Waals surface area contributed by atoms with Crippen molar-refractivity contribution < 1.29 is 4.79 Å². The van der Waals surface area contributed by atoms with Crippen molar-refractivity contribution in [3.05, 3.63) is 11.6 Å². The Morgan fingerprint density at radius 1 is 1.70 bits per heavy atom. The number of thioether (sulfide) groups is 1. The van der Waals surface area contributed by atoms with Crippen molar-refractivity contribution in [1.82, 2.24) is 0 Å². The van der Waals surface area contributed by atoms with E-state index in [-0.39, 0.29) is 5.12 Å². The average molecular weight is 156 g/mol. The minimum Gasteiger partial charge on any atom is -0.282 e. The average Bonchev–Trinajstić information content (AvgIpc) is 2.15. The zero-order chi connectivity index (χ0) is 7.56. The molecule has 0 aromatic heterocycles. The van der Waals surface area contributed by atoms with E-state index in [0.29, 0.717) is 5.92 Å². The summed E-state index contributed by atoms with van der Waals surface area (Å²) in [6.07, 6.45) is 3.00. The van der Waals surface area contributed by atoms with Crippen LogP contribution in [0.1, 0.15) is 20.3 Å². The Morgan fingerprint density at radius 2 is 2.40 bits per heavy atom. The normalized spacial score (nSPS) is 18.3. The van der Waals surface area contributed by atoms with E-state index in [1.54, 1.807) is 0 Å². The number of rotatable bonds is 2. The number of carbonyl (C=O) groups is 1. The van der Waals surface area contributed by atoms with Crippen molar-refractivity contribution >= 4 is 16.9 Å². The molecule has 1 nitrogen and oxygen atoms in total. The van der Waals surface area contributed by atoms with Crippen molar-refractivity contribution in [2.24, 2.45) is 5.92 Å². The predicted octanol–water partition coefficient (Wildman–Crippen LogP) is 2.23. The van der Waals surface area contributed by atoms with E-state index >= 15 is 0 Å². The van der Waals surface area contributed by atoms with Crippen molar-refractivity contribution in [3.8, 4) is 0 Å². The van der Waals surface area contributed by atoms with Gasteiger partial charge in [0.2, 0.25) is 5.12 Å². The van der Waals surface area contributed by atoms with Gasteiger partial charge in [-0.2, -0.15) is 0 Å². The SMILES string of the molecule is CC(C)CC1=CCSC1=O. The molecule has 0 aromatic rings. The van der Waals surface area contributed by atoms with Crippen LogP contribution in [0, 0.1) is 5.92 Å².